The SMILES string of the molecule is CN(CC(C)(C)O)S(=O)(=O)c1ccccc1C#CCCO. The minimum Gasteiger partial charge on any atom is -0.395 e. The van der Waals surface area contributed by atoms with Crippen molar-refractivity contribution in [3.8, 4) is 11.8 Å². The summed E-state index contributed by atoms with van der Waals surface area (Å²) >= 11 is 0. The van der Waals surface area contributed by atoms with E-state index in [2.05, 4.69) is 11.8 Å². The fraction of sp³-hybridized carbons (Fsp3) is 0.467. The Morgan fingerprint density at radius 2 is 1.90 bits per heavy atom. The number of rotatable bonds is 5. The number of hydrogen-bond donors (Lipinski definition) is 2. The molecule has 0 radical (unpaired) electrons. The monoisotopic (exact) mass is 311 g/mol. The van der Waals surface area contributed by atoms with Gasteiger partial charge in [0, 0.05) is 25.6 Å². The Hall–Kier alpha value is -1.39. The molecule has 2 N–H and O–H groups in total. The van der Waals surface area contributed by atoms with Crippen LogP contribution < -0.4 is 0 Å². The van der Waals surface area contributed by atoms with E-state index in [1.807, 2.05) is 0 Å². The molecule has 0 saturated heterocycles. The van der Waals surface area contributed by atoms with Crippen LogP contribution in [0.3, 0.4) is 0 Å². The van der Waals surface area contributed by atoms with Gasteiger partial charge in [-0.25, -0.2) is 8.42 Å². The summed E-state index contributed by atoms with van der Waals surface area (Å²) in [5.41, 5.74) is -0.743. The Kier molecular flexibility index (Phi) is 5.93. The molecule has 1 rings (SSSR count). The van der Waals surface area contributed by atoms with Crippen molar-refractivity contribution in [3.05, 3.63) is 29.8 Å². The molecule has 0 amide bonds. The van der Waals surface area contributed by atoms with Crippen LogP contribution in [0.4, 0.5) is 0 Å². The Morgan fingerprint density at radius 3 is 2.48 bits per heavy atom. The average molecular weight is 311 g/mol. The summed E-state index contributed by atoms with van der Waals surface area (Å²) in [6, 6.07) is 6.44. The lowest BCUT2D eigenvalue weighted by Gasteiger charge is -2.25. The molecule has 0 bridgehead atoms. The van der Waals surface area contributed by atoms with Gasteiger partial charge in [-0.05, 0) is 26.0 Å². The van der Waals surface area contributed by atoms with E-state index in [1.165, 1.54) is 13.1 Å². The van der Waals surface area contributed by atoms with Crippen molar-refractivity contribution in [1.29, 1.82) is 0 Å². The van der Waals surface area contributed by atoms with Gasteiger partial charge < -0.3 is 10.2 Å². The smallest absolute Gasteiger partial charge is 0.244 e. The number of nitrogens with zero attached hydrogens (tertiary/aromatic N) is 1. The molecule has 0 atom stereocenters. The highest BCUT2D eigenvalue weighted by atomic mass is 32.2. The number of sulfonamides is 1. The molecule has 0 fully saturated rings. The quantitative estimate of drug-likeness (QED) is 0.789. The van der Waals surface area contributed by atoms with Crippen LogP contribution in [-0.2, 0) is 10.0 Å². The largest absolute Gasteiger partial charge is 0.395 e. The molecule has 0 aliphatic rings. The minimum absolute atomic E-state index is 0.0201. The highest BCUT2D eigenvalue weighted by molar-refractivity contribution is 7.89. The van der Waals surface area contributed by atoms with E-state index in [4.69, 9.17) is 5.11 Å². The molecule has 0 unspecified atom stereocenters. The van der Waals surface area contributed by atoms with Crippen LogP contribution in [0.2, 0.25) is 0 Å². The topological polar surface area (TPSA) is 77.8 Å². The first-order valence-corrected chi connectivity index (χ1v) is 8.00. The number of aliphatic hydroxyl groups excluding tert-OH is 1. The average Bonchev–Trinajstić information content (AvgIpc) is 2.37. The molecule has 0 aliphatic heterocycles. The van der Waals surface area contributed by atoms with Crippen LogP contribution in [0.25, 0.3) is 0 Å². The highest BCUT2D eigenvalue weighted by Gasteiger charge is 2.27. The molecule has 0 aromatic heterocycles. The maximum atomic E-state index is 12.6. The van der Waals surface area contributed by atoms with Crippen molar-refractivity contribution in [2.24, 2.45) is 0 Å². The second-order valence-corrected chi connectivity index (χ2v) is 7.36. The zero-order valence-electron chi connectivity index (χ0n) is 12.5. The molecule has 1 aromatic rings. The molecule has 21 heavy (non-hydrogen) atoms. The molecule has 116 valence electrons. The van der Waals surface area contributed by atoms with Gasteiger partial charge >= 0.3 is 0 Å². The van der Waals surface area contributed by atoms with Crippen molar-refractivity contribution in [2.75, 3.05) is 20.2 Å². The van der Waals surface area contributed by atoms with E-state index in [0.717, 1.165) is 4.31 Å². The van der Waals surface area contributed by atoms with Crippen molar-refractivity contribution in [3.63, 3.8) is 0 Å². The second kappa shape index (κ2) is 7.05. The summed E-state index contributed by atoms with van der Waals surface area (Å²) in [5.74, 6) is 5.48. The van der Waals surface area contributed by atoms with Gasteiger partial charge in [0.05, 0.1) is 17.1 Å². The molecule has 0 heterocycles. The van der Waals surface area contributed by atoms with Gasteiger partial charge in [-0.2, -0.15) is 4.31 Å². The molecule has 1 aromatic carbocycles. The molecule has 6 heteroatoms. The summed E-state index contributed by atoms with van der Waals surface area (Å²) in [6.07, 6.45) is 0.286. The molecule has 0 aliphatic carbocycles. The lowest BCUT2D eigenvalue weighted by atomic mass is 10.1. The standard InChI is InChI=1S/C15H21NO4S/c1-15(2,18)12-16(3)21(19,20)14-10-5-4-8-13(14)9-6-7-11-17/h4-5,8,10,17-18H,7,11-12H2,1-3H3. The molecule has 0 saturated carbocycles. The maximum Gasteiger partial charge on any atom is 0.244 e. The summed E-state index contributed by atoms with van der Waals surface area (Å²) in [4.78, 5) is 0.0992. The summed E-state index contributed by atoms with van der Waals surface area (Å²) in [6.45, 7) is 3.01. The van der Waals surface area contributed by atoms with Crippen molar-refractivity contribution in [1.82, 2.24) is 4.31 Å². The Bertz CT molecular complexity index is 636. The van der Waals surface area contributed by atoms with Crippen LogP contribution in [0.5, 0.6) is 0 Å². The number of aliphatic hydroxyl groups is 2. The lowest BCUT2D eigenvalue weighted by Crippen LogP contribution is -2.39. The predicted octanol–water partition coefficient (Wildman–Crippen LogP) is 0.812. The number of hydrogen-bond acceptors (Lipinski definition) is 4. The summed E-state index contributed by atoms with van der Waals surface area (Å²) in [5, 5.41) is 18.5. The van der Waals surface area contributed by atoms with Crippen LogP contribution >= 0.6 is 0 Å². The van der Waals surface area contributed by atoms with Crippen molar-refractivity contribution >= 4 is 10.0 Å². The Morgan fingerprint density at radius 1 is 1.29 bits per heavy atom. The summed E-state index contributed by atoms with van der Waals surface area (Å²) in [7, 11) is -2.31. The van der Waals surface area contributed by atoms with Crippen molar-refractivity contribution < 1.29 is 18.6 Å². The fourth-order valence-corrected chi connectivity index (χ4v) is 3.28. The number of benzene rings is 1. The maximum absolute atomic E-state index is 12.6. The van der Waals surface area contributed by atoms with Crippen LogP contribution in [-0.4, -0.2) is 48.7 Å². The van der Waals surface area contributed by atoms with Crippen LogP contribution in [0.15, 0.2) is 29.2 Å². The van der Waals surface area contributed by atoms with Gasteiger partial charge in [0.2, 0.25) is 10.0 Å². The first kappa shape index (κ1) is 17.7. The number of likely N-dealkylation sites (N-methyl/N-ethyl adjacent to an activating group) is 1. The molecule has 5 nitrogen and oxygen atoms in total. The third kappa shape index (κ3) is 5.14. The lowest BCUT2D eigenvalue weighted by molar-refractivity contribution is 0.0640. The van der Waals surface area contributed by atoms with E-state index in [0.29, 0.717) is 5.56 Å². The van der Waals surface area contributed by atoms with E-state index >= 15 is 0 Å². The third-order valence-electron chi connectivity index (χ3n) is 2.64. The van der Waals surface area contributed by atoms with Gasteiger partial charge in [0.1, 0.15) is 0 Å². The summed E-state index contributed by atoms with van der Waals surface area (Å²) < 4.78 is 26.2. The first-order valence-electron chi connectivity index (χ1n) is 6.56. The van der Waals surface area contributed by atoms with E-state index in [9.17, 15) is 13.5 Å². The van der Waals surface area contributed by atoms with Crippen LogP contribution in [0, 0.1) is 11.8 Å². The molecule has 0 spiro atoms. The Labute approximate surface area is 126 Å². The Balaban J connectivity index is 3.18. The van der Waals surface area contributed by atoms with Gasteiger partial charge in [0.25, 0.3) is 0 Å². The molecular weight excluding hydrogens is 290 g/mol. The van der Waals surface area contributed by atoms with Gasteiger partial charge in [-0.15, -0.1) is 0 Å². The first-order chi connectivity index (χ1) is 9.68. The zero-order valence-corrected chi connectivity index (χ0v) is 13.3. The van der Waals surface area contributed by atoms with Gasteiger partial charge in [-0.1, -0.05) is 24.0 Å². The van der Waals surface area contributed by atoms with E-state index in [-0.39, 0.29) is 24.5 Å². The second-order valence-electron chi connectivity index (χ2n) is 5.35. The zero-order chi connectivity index (χ0) is 16.1. The van der Waals surface area contributed by atoms with Gasteiger partial charge in [0.15, 0.2) is 0 Å². The van der Waals surface area contributed by atoms with E-state index in [1.54, 1.807) is 32.0 Å². The van der Waals surface area contributed by atoms with Crippen LogP contribution in [0.1, 0.15) is 25.8 Å². The van der Waals surface area contributed by atoms with Crippen molar-refractivity contribution in [2.45, 2.75) is 30.8 Å². The minimum atomic E-state index is -3.73. The highest BCUT2D eigenvalue weighted by Crippen LogP contribution is 2.20. The predicted molar refractivity (Wildman–Crippen MR) is 81.1 cm³/mol. The normalized spacial score (nSPS) is 12.1. The molecular formula is C15H21NO4S. The third-order valence-corrected chi connectivity index (χ3v) is 4.51. The van der Waals surface area contributed by atoms with Gasteiger partial charge in [-0.3, -0.25) is 0 Å². The fourth-order valence-electron chi connectivity index (χ4n) is 1.81. The van der Waals surface area contributed by atoms with E-state index < -0.39 is 15.6 Å².